The van der Waals surface area contributed by atoms with Crippen molar-refractivity contribution in [3.63, 3.8) is 0 Å². The quantitative estimate of drug-likeness (QED) is 0.841. The van der Waals surface area contributed by atoms with E-state index in [1.54, 1.807) is 12.1 Å². The van der Waals surface area contributed by atoms with Gasteiger partial charge in [0.05, 0.1) is 11.3 Å². The summed E-state index contributed by atoms with van der Waals surface area (Å²) in [4.78, 5) is 23.1. The highest BCUT2D eigenvalue weighted by Gasteiger charge is 2.14. The number of hydrogen-bond acceptors (Lipinski definition) is 2. The minimum Gasteiger partial charge on any atom is -0.350 e. The Hall–Kier alpha value is -1.84. The molecule has 0 unspecified atom stereocenters. The van der Waals surface area contributed by atoms with Crippen LogP contribution in [0.2, 0.25) is 0 Å². The molecule has 1 aromatic carbocycles. The van der Waals surface area contributed by atoms with E-state index in [1.807, 2.05) is 26.8 Å². The van der Waals surface area contributed by atoms with Crippen molar-refractivity contribution in [1.82, 2.24) is 5.32 Å². The summed E-state index contributed by atoms with van der Waals surface area (Å²) in [5.41, 5.74) is 1.95. The van der Waals surface area contributed by atoms with Crippen LogP contribution in [-0.4, -0.2) is 17.9 Å². The Bertz CT molecular complexity index is 439. The van der Waals surface area contributed by atoms with Gasteiger partial charge >= 0.3 is 0 Å². The average molecular weight is 234 g/mol. The minimum absolute atomic E-state index is 0.0631. The second-order valence-electron chi connectivity index (χ2n) is 4.31. The first-order chi connectivity index (χ1) is 7.91. The van der Waals surface area contributed by atoms with Gasteiger partial charge in [0.25, 0.3) is 5.91 Å². The molecule has 0 spiro atoms. The predicted octanol–water partition coefficient (Wildman–Crippen LogP) is 2.09. The maximum Gasteiger partial charge on any atom is 0.253 e. The van der Waals surface area contributed by atoms with Crippen molar-refractivity contribution in [3.05, 3.63) is 29.3 Å². The lowest BCUT2D eigenvalue weighted by molar-refractivity contribution is -0.114. The lowest BCUT2D eigenvalue weighted by Crippen LogP contribution is -2.31. The van der Waals surface area contributed by atoms with Crippen molar-refractivity contribution in [2.75, 3.05) is 5.32 Å². The Balaban J connectivity index is 3.09. The van der Waals surface area contributed by atoms with Crippen molar-refractivity contribution < 1.29 is 9.59 Å². The van der Waals surface area contributed by atoms with Gasteiger partial charge in [-0.05, 0) is 32.4 Å². The molecule has 4 heteroatoms. The number of rotatable bonds is 3. The van der Waals surface area contributed by atoms with Crippen molar-refractivity contribution in [1.29, 1.82) is 0 Å². The summed E-state index contributed by atoms with van der Waals surface area (Å²) < 4.78 is 0. The number of amides is 2. The molecule has 0 atom stereocenters. The second-order valence-corrected chi connectivity index (χ2v) is 4.31. The largest absolute Gasteiger partial charge is 0.350 e. The number of para-hydroxylation sites is 1. The van der Waals surface area contributed by atoms with Crippen LogP contribution in [0.15, 0.2) is 18.2 Å². The van der Waals surface area contributed by atoms with Gasteiger partial charge in [0.1, 0.15) is 0 Å². The van der Waals surface area contributed by atoms with E-state index < -0.39 is 0 Å². The van der Waals surface area contributed by atoms with Crippen LogP contribution in [0.4, 0.5) is 5.69 Å². The van der Waals surface area contributed by atoms with Crippen LogP contribution in [-0.2, 0) is 4.79 Å². The zero-order valence-electron chi connectivity index (χ0n) is 10.6. The molecule has 1 rings (SSSR count). The van der Waals surface area contributed by atoms with Gasteiger partial charge in [-0.15, -0.1) is 0 Å². The third-order valence-electron chi connectivity index (χ3n) is 2.24. The smallest absolute Gasteiger partial charge is 0.253 e. The third-order valence-corrected chi connectivity index (χ3v) is 2.24. The zero-order valence-corrected chi connectivity index (χ0v) is 10.6. The van der Waals surface area contributed by atoms with Gasteiger partial charge in [-0.1, -0.05) is 12.1 Å². The summed E-state index contributed by atoms with van der Waals surface area (Å²) in [7, 11) is 0. The molecule has 1 aromatic rings. The number of carbonyl (C=O) groups excluding carboxylic acids is 2. The highest BCUT2D eigenvalue weighted by molar-refractivity contribution is 6.04. The highest BCUT2D eigenvalue weighted by Crippen LogP contribution is 2.20. The second kappa shape index (κ2) is 5.48. The molecule has 0 heterocycles. The van der Waals surface area contributed by atoms with E-state index in [9.17, 15) is 9.59 Å². The monoisotopic (exact) mass is 234 g/mol. The first kappa shape index (κ1) is 13.2. The van der Waals surface area contributed by atoms with E-state index in [1.165, 1.54) is 6.92 Å². The van der Waals surface area contributed by atoms with Crippen LogP contribution in [0, 0.1) is 6.92 Å². The maximum atomic E-state index is 11.9. The van der Waals surface area contributed by atoms with E-state index in [4.69, 9.17) is 0 Å². The molecule has 0 aromatic heterocycles. The number of benzene rings is 1. The fourth-order valence-corrected chi connectivity index (χ4v) is 1.54. The lowest BCUT2D eigenvalue weighted by Gasteiger charge is -2.14. The van der Waals surface area contributed by atoms with Crippen LogP contribution in [0.3, 0.4) is 0 Å². The average Bonchev–Trinajstić information content (AvgIpc) is 2.19. The minimum atomic E-state index is -0.183. The molecule has 0 radical (unpaired) electrons. The standard InChI is InChI=1S/C13H18N2O2/c1-8(2)14-13(17)11-7-5-6-9(3)12(11)15-10(4)16/h5-8H,1-4H3,(H,14,17)(H,15,16). The SMILES string of the molecule is CC(=O)Nc1c(C)cccc1C(=O)NC(C)C. The van der Waals surface area contributed by atoms with Crippen LogP contribution >= 0.6 is 0 Å². The van der Waals surface area contributed by atoms with E-state index in [2.05, 4.69) is 10.6 Å². The van der Waals surface area contributed by atoms with Crippen molar-refractivity contribution >= 4 is 17.5 Å². The van der Waals surface area contributed by atoms with Crippen LogP contribution in [0.1, 0.15) is 36.7 Å². The third kappa shape index (κ3) is 3.59. The molecular formula is C13H18N2O2. The lowest BCUT2D eigenvalue weighted by atomic mass is 10.1. The first-order valence-corrected chi connectivity index (χ1v) is 5.60. The summed E-state index contributed by atoms with van der Waals surface area (Å²) in [5, 5.41) is 5.51. The van der Waals surface area contributed by atoms with E-state index >= 15 is 0 Å². The number of hydrogen-bond donors (Lipinski definition) is 2. The number of anilines is 1. The Kier molecular flexibility index (Phi) is 4.26. The van der Waals surface area contributed by atoms with Crippen LogP contribution in [0.5, 0.6) is 0 Å². The molecule has 0 bridgehead atoms. The molecule has 4 nitrogen and oxygen atoms in total. The normalized spacial score (nSPS) is 10.2. The topological polar surface area (TPSA) is 58.2 Å². The number of aryl methyl sites for hydroxylation is 1. The molecule has 0 saturated heterocycles. The van der Waals surface area contributed by atoms with Crippen LogP contribution < -0.4 is 10.6 Å². The van der Waals surface area contributed by atoms with Gasteiger partial charge < -0.3 is 10.6 Å². The molecule has 0 fully saturated rings. The summed E-state index contributed by atoms with van der Waals surface area (Å²) in [5.74, 6) is -0.356. The molecule has 0 aliphatic heterocycles. The summed E-state index contributed by atoms with van der Waals surface area (Å²) in [6, 6.07) is 5.43. The van der Waals surface area contributed by atoms with Gasteiger partial charge in [0.2, 0.25) is 5.91 Å². The molecule has 2 amide bonds. The summed E-state index contributed by atoms with van der Waals surface area (Å²) >= 11 is 0. The molecule has 0 saturated carbocycles. The Labute approximate surface area is 101 Å². The Morgan fingerprint density at radius 1 is 1.24 bits per heavy atom. The number of carbonyl (C=O) groups is 2. The van der Waals surface area contributed by atoms with Gasteiger partial charge in [-0.2, -0.15) is 0 Å². The zero-order chi connectivity index (χ0) is 13.0. The van der Waals surface area contributed by atoms with E-state index in [0.717, 1.165) is 5.56 Å². The van der Waals surface area contributed by atoms with Crippen molar-refractivity contribution in [2.45, 2.75) is 33.7 Å². The molecule has 0 aliphatic carbocycles. The highest BCUT2D eigenvalue weighted by atomic mass is 16.2. The predicted molar refractivity (Wildman–Crippen MR) is 68.1 cm³/mol. The molecular weight excluding hydrogens is 216 g/mol. The van der Waals surface area contributed by atoms with Gasteiger partial charge in [-0.3, -0.25) is 9.59 Å². The molecule has 2 N–H and O–H groups in total. The fraction of sp³-hybridized carbons (Fsp3) is 0.385. The Morgan fingerprint density at radius 2 is 1.88 bits per heavy atom. The molecule has 92 valence electrons. The number of nitrogens with one attached hydrogen (secondary N) is 2. The van der Waals surface area contributed by atoms with Crippen molar-refractivity contribution in [3.8, 4) is 0 Å². The summed E-state index contributed by atoms with van der Waals surface area (Å²) in [6.07, 6.45) is 0. The summed E-state index contributed by atoms with van der Waals surface area (Å²) in [6.45, 7) is 7.07. The fourth-order valence-electron chi connectivity index (χ4n) is 1.54. The maximum absolute atomic E-state index is 11.9. The first-order valence-electron chi connectivity index (χ1n) is 5.60. The van der Waals surface area contributed by atoms with E-state index in [0.29, 0.717) is 11.3 Å². The van der Waals surface area contributed by atoms with Gasteiger partial charge in [-0.25, -0.2) is 0 Å². The van der Waals surface area contributed by atoms with Crippen LogP contribution in [0.25, 0.3) is 0 Å². The van der Waals surface area contributed by atoms with E-state index in [-0.39, 0.29) is 17.9 Å². The van der Waals surface area contributed by atoms with Crippen molar-refractivity contribution in [2.24, 2.45) is 0 Å². The molecule has 17 heavy (non-hydrogen) atoms. The molecule has 0 aliphatic rings. The van der Waals surface area contributed by atoms with Gasteiger partial charge in [0, 0.05) is 13.0 Å². The Morgan fingerprint density at radius 3 is 2.41 bits per heavy atom. The van der Waals surface area contributed by atoms with Gasteiger partial charge in [0.15, 0.2) is 0 Å².